The SMILES string of the molecule is CC/C=C/CCCCCC/C=C/C#N. The number of allylic oxidation sites excluding steroid dienone is 4. The summed E-state index contributed by atoms with van der Waals surface area (Å²) >= 11 is 0. The van der Waals surface area contributed by atoms with Crippen LogP contribution in [0.15, 0.2) is 24.3 Å². The van der Waals surface area contributed by atoms with Gasteiger partial charge < -0.3 is 0 Å². The highest BCUT2D eigenvalue weighted by Gasteiger charge is 1.86. The van der Waals surface area contributed by atoms with Crippen LogP contribution in [0.5, 0.6) is 0 Å². The molecule has 0 aromatic carbocycles. The number of nitriles is 1. The number of unbranched alkanes of at least 4 members (excludes halogenated alkanes) is 5. The third kappa shape index (κ3) is 11.0. The second kappa shape index (κ2) is 12.0. The smallest absolute Gasteiger partial charge is 0.0908 e. The first-order valence-electron chi connectivity index (χ1n) is 5.61. The lowest BCUT2D eigenvalue weighted by Gasteiger charge is -1.96. The van der Waals surface area contributed by atoms with Gasteiger partial charge in [0.25, 0.3) is 0 Å². The van der Waals surface area contributed by atoms with E-state index in [1.54, 1.807) is 6.08 Å². The van der Waals surface area contributed by atoms with E-state index in [0.717, 1.165) is 12.8 Å². The zero-order valence-corrected chi connectivity index (χ0v) is 9.21. The molecule has 14 heavy (non-hydrogen) atoms. The van der Waals surface area contributed by atoms with Crippen molar-refractivity contribution in [3.63, 3.8) is 0 Å². The maximum absolute atomic E-state index is 8.25. The quantitative estimate of drug-likeness (QED) is 0.317. The van der Waals surface area contributed by atoms with Crippen LogP contribution in [0.2, 0.25) is 0 Å². The van der Waals surface area contributed by atoms with E-state index in [-0.39, 0.29) is 0 Å². The molecular formula is C13H21N. The van der Waals surface area contributed by atoms with Gasteiger partial charge in [0.1, 0.15) is 0 Å². The van der Waals surface area contributed by atoms with E-state index in [1.807, 2.05) is 12.1 Å². The molecule has 1 nitrogen and oxygen atoms in total. The predicted octanol–water partition coefficient (Wildman–Crippen LogP) is 4.37. The van der Waals surface area contributed by atoms with Crippen molar-refractivity contribution in [2.24, 2.45) is 0 Å². The standard InChI is InChI=1S/C13H21N/c1-2-3-4-5-6-7-8-9-10-11-12-13-14/h3-4,11-12H,2,5-10H2,1H3/b4-3+,12-11+. The van der Waals surface area contributed by atoms with Crippen molar-refractivity contribution in [2.75, 3.05) is 0 Å². The van der Waals surface area contributed by atoms with Crippen LogP contribution in [0.1, 0.15) is 51.9 Å². The fourth-order valence-corrected chi connectivity index (χ4v) is 1.30. The molecule has 0 aromatic heterocycles. The minimum Gasteiger partial charge on any atom is -0.193 e. The van der Waals surface area contributed by atoms with Crippen LogP contribution < -0.4 is 0 Å². The molecule has 0 spiro atoms. The normalized spacial score (nSPS) is 11.1. The van der Waals surface area contributed by atoms with Crippen LogP contribution in [0.25, 0.3) is 0 Å². The Kier molecular flexibility index (Phi) is 11.1. The number of rotatable bonds is 8. The lowest BCUT2D eigenvalue weighted by Crippen LogP contribution is -1.76. The van der Waals surface area contributed by atoms with Crippen molar-refractivity contribution in [1.29, 1.82) is 5.26 Å². The highest BCUT2D eigenvalue weighted by Crippen LogP contribution is 2.06. The summed E-state index contributed by atoms with van der Waals surface area (Å²) in [4.78, 5) is 0. The molecule has 0 heterocycles. The third-order valence-corrected chi connectivity index (χ3v) is 2.09. The molecule has 0 N–H and O–H groups in total. The Balaban J connectivity index is 3.03. The Morgan fingerprint density at radius 3 is 2.14 bits per heavy atom. The average molecular weight is 191 g/mol. The van der Waals surface area contributed by atoms with Crippen LogP contribution in [0.4, 0.5) is 0 Å². The van der Waals surface area contributed by atoms with Gasteiger partial charge in [0.2, 0.25) is 0 Å². The zero-order valence-electron chi connectivity index (χ0n) is 9.21. The average Bonchev–Trinajstić information content (AvgIpc) is 2.21. The molecule has 0 radical (unpaired) electrons. The summed E-state index contributed by atoms with van der Waals surface area (Å²) in [6, 6.07) is 2.00. The molecular weight excluding hydrogens is 170 g/mol. The van der Waals surface area contributed by atoms with Crippen molar-refractivity contribution in [1.82, 2.24) is 0 Å². The van der Waals surface area contributed by atoms with Gasteiger partial charge in [-0.1, -0.05) is 38.0 Å². The van der Waals surface area contributed by atoms with Crippen LogP contribution >= 0.6 is 0 Å². The number of hydrogen-bond donors (Lipinski definition) is 0. The van der Waals surface area contributed by atoms with Gasteiger partial charge in [-0.05, 0) is 32.1 Å². The van der Waals surface area contributed by atoms with Gasteiger partial charge in [0.15, 0.2) is 0 Å². The van der Waals surface area contributed by atoms with Gasteiger partial charge in [-0.15, -0.1) is 0 Å². The molecule has 0 unspecified atom stereocenters. The van der Waals surface area contributed by atoms with E-state index in [4.69, 9.17) is 5.26 Å². The van der Waals surface area contributed by atoms with Crippen LogP contribution in [-0.4, -0.2) is 0 Å². The highest BCUT2D eigenvalue weighted by molar-refractivity contribution is 5.01. The summed E-state index contributed by atoms with van der Waals surface area (Å²) in [6.07, 6.45) is 16.6. The van der Waals surface area contributed by atoms with Crippen LogP contribution in [0.3, 0.4) is 0 Å². The molecule has 0 aromatic rings. The maximum Gasteiger partial charge on any atom is 0.0908 e. The second-order valence-corrected chi connectivity index (χ2v) is 3.40. The Bertz CT molecular complexity index is 196. The molecule has 1 heteroatoms. The summed E-state index contributed by atoms with van der Waals surface area (Å²) in [5.41, 5.74) is 0. The summed E-state index contributed by atoms with van der Waals surface area (Å²) in [5, 5.41) is 8.25. The van der Waals surface area contributed by atoms with Gasteiger partial charge in [0.05, 0.1) is 6.07 Å². The fraction of sp³-hybridized carbons (Fsp3) is 0.615. The summed E-state index contributed by atoms with van der Waals surface area (Å²) < 4.78 is 0. The van der Waals surface area contributed by atoms with E-state index in [9.17, 15) is 0 Å². The van der Waals surface area contributed by atoms with Crippen molar-refractivity contribution >= 4 is 0 Å². The Morgan fingerprint density at radius 2 is 1.57 bits per heavy atom. The summed E-state index contributed by atoms with van der Waals surface area (Å²) in [7, 11) is 0. The molecule has 0 aliphatic heterocycles. The zero-order chi connectivity index (χ0) is 10.5. The number of hydrogen-bond acceptors (Lipinski definition) is 1. The molecule has 0 aliphatic rings. The van der Waals surface area contributed by atoms with Crippen LogP contribution in [-0.2, 0) is 0 Å². The first-order chi connectivity index (χ1) is 6.91. The van der Waals surface area contributed by atoms with Gasteiger partial charge >= 0.3 is 0 Å². The molecule has 0 amide bonds. The van der Waals surface area contributed by atoms with Crippen molar-refractivity contribution in [3.05, 3.63) is 24.3 Å². The molecule has 0 rings (SSSR count). The highest BCUT2D eigenvalue weighted by atomic mass is 14.2. The van der Waals surface area contributed by atoms with E-state index in [0.29, 0.717) is 0 Å². The molecule has 0 saturated heterocycles. The van der Waals surface area contributed by atoms with E-state index < -0.39 is 0 Å². The van der Waals surface area contributed by atoms with Gasteiger partial charge in [-0.25, -0.2) is 0 Å². The van der Waals surface area contributed by atoms with E-state index >= 15 is 0 Å². The van der Waals surface area contributed by atoms with Gasteiger partial charge in [-0.3, -0.25) is 0 Å². The van der Waals surface area contributed by atoms with Crippen molar-refractivity contribution in [2.45, 2.75) is 51.9 Å². The first kappa shape index (κ1) is 13.0. The lowest BCUT2D eigenvalue weighted by molar-refractivity contribution is 0.652. The lowest BCUT2D eigenvalue weighted by atomic mass is 10.1. The first-order valence-corrected chi connectivity index (χ1v) is 5.61. The van der Waals surface area contributed by atoms with E-state index in [2.05, 4.69) is 19.1 Å². The maximum atomic E-state index is 8.25. The molecule has 0 fully saturated rings. The van der Waals surface area contributed by atoms with E-state index in [1.165, 1.54) is 32.1 Å². The predicted molar refractivity (Wildman–Crippen MR) is 61.9 cm³/mol. The van der Waals surface area contributed by atoms with Crippen LogP contribution in [0, 0.1) is 11.3 Å². The third-order valence-electron chi connectivity index (χ3n) is 2.09. The Labute approximate surface area is 88.1 Å². The van der Waals surface area contributed by atoms with Crippen molar-refractivity contribution < 1.29 is 0 Å². The second-order valence-electron chi connectivity index (χ2n) is 3.40. The fourth-order valence-electron chi connectivity index (χ4n) is 1.30. The van der Waals surface area contributed by atoms with Gasteiger partial charge in [0, 0.05) is 6.08 Å². The Morgan fingerprint density at radius 1 is 0.929 bits per heavy atom. The minimum atomic E-state index is 1.05. The minimum absolute atomic E-state index is 1.05. The monoisotopic (exact) mass is 191 g/mol. The van der Waals surface area contributed by atoms with Gasteiger partial charge in [-0.2, -0.15) is 5.26 Å². The molecule has 0 atom stereocenters. The molecule has 0 saturated carbocycles. The summed E-state index contributed by atoms with van der Waals surface area (Å²) in [6.45, 7) is 2.16. The Hall–Kier alpha value is -1.03. The largest absolute Gasteiger partial charge is 0.193 e. The van der Waals surface area contributed by atoms with Crippen molar-refractivity contribution in [3.8, 4) is 6.07 Å². The molecule has 78 valence electrons. The molecule has 0 aliphatic carbocycles. The summed E-state index contributed by atoms with van der Waals surface area (Å²) in [5.74, 6) is 0. The number of nitrogens with zero attached hydrogens (tertiary/aromatic N) is 1. The topological polar surface area (TPSA) is 23.8 Å². The molecule has 0 bridgehead atoms.